The summed E-state index contributed by atoms with van der Waals surface area (Å²) < 4.78 is 6.78. The van der Waals surface area contributed by atoms with Crippen LogP contribution in [0.1, 0.15) is 10.4 Å². The molecule has 0 saturated carbocycles. The highest BCUT2D eigenvalue weighted by molar-refractivity contribution is 7.99. The Morgan fingerprint density at radius 2 is 1.86 bits per heavy atom. The molecule has 144 valence electrons. The van der Waals surface area contributed by atoms with Crippen molar-refractivity contribution in [2.24, 2.45) is 11.5 Å². The van der Waals surface area contributed by atoms with Crippen LogP contribution in [0.4, 0.5) is 5.69 Å². The van der Waals surface area contributed by atoms with Crippen LogP contribution in [0.2, 0.25) is 0 Å². The first-order valence-corrected chi connectivity index (χ1v) is 9.00. The molecule has 2 aromatic heterocycles. The van der Waals surface area contributed by atoms with Crippen molar-refractivity contribution in [2.45, 2.75) is 11.7 Å². The molecule has 28 heavy (non-hydrogen) atoms. The van der Waals surface area contributed by atoms with Gasteiger partial charge in [0.2, 0.25) is 23.5 Å². The summed E-state index contributed by atoms with van der Waals surface area (Å²) in [5, 5.41) is 11.1. The number of benzene rings is 1. The van der Waals surface area contributed by atoms with Gasteiger partial charge in [-0.15, -0.1) is 10.2 Å². The highest BCUT2D eigenvalue weighted by Crippen LogP contribution is 2.24. The van der Waals surface area contributed by atoms with E-state index in [1.807, 2.05) is 0 Å². The predicted molar refractivity (Wildman–Crippen MR) is 101 cm³/mol. The summed E-state index contributed by atoms with van der Waals surface area (Å²) in [7, 11) is 0. The van der Waals surface area contributed by atoms with Crippen LogP contribution in [0.15, 0.2) is 52.2 Å². The van der Waals surface area contributed by atoms with Gasteiger partial charge < -0.3 is 21.2 Å². The molecular formula is C17H16N6O4S. The lowest BCUT2D eigenvalue weighted by Gasteiger charge is -2.07. The largest absolute Gasteiger partial charge is 0.461 e. The molecule has 5 N–H and O–H groups in total. The first kappa shape index (κ1) is 19.2. The standard InChI is InChI=1S/C17H16N6O4S/c18-13(24)8-23-16(12-2-1-7-27-12)21-22-17(23)28-9-14(25)20-11-5-3-10(4-6-11)15(19)26/h1-7H,8-9H2,(H2,18,24)(H2,19,26)(H,20,25). The zero-order valence-corrected chi connectivity index (χ0v) is 15.3. The van der Waals surface area contributed by atoms with Gasteiger partial charge in [-0.3, -0.25) is 19.0 Å². The Kier molecular flexibility index (Phi) is 5.75. The lowest BCUT2D eigenvalue weighted by atomic mass is 10.2. The minimum absolute atomic E-state index is 0.0205. The maximum absolute atomic E-state index is 12.2. The summed E-state index contributed by atoms with van der Waals surface area (Å²) >= 11 is 1.10. The smallest absolute Gasteiger partial charge is 0.248 e. The SMILES string of the molecule is NC(=O)Cn1c(SCC(=O)Nc2ccc(C(N)=O)cc2)nnc1-c1ccco1. The molecule has 0 unspecified atom stereocenters. The number of thioether (sulfide) groups is 1. The number of carbonyl (C=O) groups excluding carboxylic acids is 3. The van der Waals surface area contributed by atoms with Crippen LogP contribution < -0.4 is 16.8 Å². The molecule has 1 aromatic carbocycles. The van der Waals surface area contributed by atoms with Gasteiger partial charge in [0.1, 0.15) is 6.54 Å². The fourth-order valence-corrected chi connectivity index (χ4v) is 3.06. The molecule has 3 aromatic rings. The van der Waals surface area contributed by atoms with E-state index < -0.39 is 11.8 Å². The Balaban J connectivity index is 1.67. The minimum Gasteiger partial charge on any atom is -0.461 e. The lowest BCUT2D eigenvalue weighted by molar-refractivity contribution is -0.118. The quantitative estimate of drug-likeness (QED) is 0.473. The maximum atomic E-state index is 12.2. The molecule has 0 bridgehead atoms. The number of furan rings is 1. The van der Waals surface area contributed by atoms with Crippen molar-refractivity contribution < 1.29 is 18.8 Å². The van der Waals surface area contributed by atoms with Crippen molar-refractivity contribution in [1.82, 2.24) is 14.8 Å². The summed E-state index contributed by atoms with van der Waals surface area (Å²) in [6.45, 7) is -0.151. The van der Waals surface area contributed by atoms with Gasteiger partial charge in [0, 0.05) is 11.3 Å². The molecule has 0 aliphatic rings. The zero-order valence-electron chi connectivity index (χ0n) is 14.5. The fourth-order valence-electron chi connectivity index (χ4n) is 2.33. The van der Waals surface area contributed by atoms with Gasteiger partial charge in [-0.2, -0.15) is 0 Å². The van der Waals surface area contributed by atoms with Crippen molar-refractivity contribution in [3.63, 3.8) is 0 Å². The normalized spacial score (nSPS) is 10.6. The minimum atomic E-state index is -0.576. The molecule has 0 fully saturated rings. The lowest BCUT2D eigenvalue weighted by Crippen LogP contribution is -2.20. The van der Waals surface area contributed by atoms with Crippen molar-refractivity contribution in [3.8, 4) is 11.6 Å². The highest BCUT2D eigenvalue weighted by atomic mass is 32.2. The number of hydrogen-bond donors (Lipinski definition) is 3. The van der Waals surface area contributed by atoms with Gasteiger partial charge in [-0.1, -0.05) is 11.8 Å². The third-order valence-corrected chi connectivity index (χ3v) is 4.52. The summed E-state index contributed by atoms with van der Waals surface area (Å²) in [5.41, 5.74) is 11.3. The summed E-state index contributed by atoms with van der Waals surface area (Å²) in [6, 6.07) is 9.55. The number of nitrogens with one attached hydrogen (secondary N) is 1. The van der Waals surface area contributed by atoms with Crippen LogP contribution in [0.3, 0.4) is 0 Å². The van der Waals surface area contributed by atoms with Gasteiger partial charge in [-0.25, -0.2) is 0 Å². The zero-order chi connectivity index (χ0) is 20.1. The average Bonchev–Trinajstić information content (AvgIpc) is 3.30. The highest BCUT2D eigenvalue weighted by Gasteiger charge is 2.18. The third kappa shape index (κ3) is 4.57. The van der Waals surface area contributed by atoms with E-state index in [2.05, 4.69) is 15.5 Å². The first-order chi connectivity index (χ1) is 13.4. The van der Waals surface area contributed by atoms with Gasteiger partial charge in [-0.05, 0) is 36.4 Å². The Bertz CT molecular complexity index is 997. The van der Waals surface area contributed by atoms with Gasteiger partial charge in [0.05, 0.1) is 12.0 Å². The molecule has 0 aliphatic heterocycles. The van der Waals surface area contributed by atoms with E-state index in [9.17, 15) is 14.4 Å². The molecule has 3 rings (SSSR count). The number of rotatable bonds is 8. The molecule has 0 aliphatic carbocycles. The number of amides is 3. The summed E-state index contributed by atoms with van der Waals surface area (Å²) in [4.78, 5) is 34.6. The summed E-state index contributed by atoms with van der Waals surface area (Å²) in [6.07, 6.45) is 1.47. The van der Waals surface area contributed by atoms with Crippen molar-refractivity contribution in [1.29, 1.82) is 0 Å². The Labute approximate surface area is 163 Å². The number of nitrogens with two attached hydrogens (primary N) is 2. The van der Waals surface area contributed by atoms with E-state index in [0.29, 0.717) is 28.0 Å². The van der Waals surface area contributed by atoms with E-state index in [4.69, 9.17) is 15.9 Å². The van der Waals surface area contributed by atoms with Gasteiger partial charge >= 0.3 is 0 Å². The number of hydrogen-bond acceptors (Lipinski definition) is 7. The molecule has 0 spiro atoms. The Hall–Kier alpha value is -3.60. The predicted octanol–water partition coefficient (Wildman–Crippen LogP) is 0.853. The van der Waals surface area contributed by atoms with Gasteiger partial charge in [0.25, 0.3) is 0 Å². The Morgan fingerprint density at radius 1 is 1.11 bits per heavy atom. The molecule has 0 radical (unpaired) electrons. The number of aromatic nitrogens is 3. The second-order valence-electron chi connectivity index (χ2n) is 5.61. The number of nitrogens with zero attached hydrogens (tertiary/aromatic N) is 3. The first-order valence-electron chi connectivity index (χ1n) is 8.02. The molecule has 3 amide bonds. The Morgan fingerprint density at radius 3 is 2.46 bits per heavy atom. The van der Waals surface area contributed by atoms with Crippen LogP contribution >= 0.6 is 11.8 Å². The van der Waals surface area contributed by atoms with Crippen LogP contribution in [-0.2, 0) is 16.1 Å². The molecular weight excluding hydrogens is 384 g/mol. The van der Waals surface area contributed by atoms with Crippen LogP contribution in [0, 0.1) is 0 Å². The molecule has 0 atom stereocenters. The van der Waals surface area contributed by atoms with E-state index in [1.54, 1.807) is 24.3 Å². The molecule has 11 heteroatoms. The number of primary amides is 2. The molecule has 10 nitrogen and oxygen atoms in total. The van der Waals surface area contributed by atoms with E-state index in [0.717, 1.165) is 11.8 Å². The van der Waals surface area contributed by atoms with E-state index in [-0.39, 0.29) is 18.2 Å². The van der Waals surface area contributed by atoms with Crippen molar-refractivity contribution in [3.05, 3.63) is 48.2 Å². The van der Waals surface area contributed by atoms with Crippen molar-refractivity contribution >= 4 is 35.2 Å². The van der Waals surface area contributed by atoms with Crippen LogP contribution in [0.5, 0.6) is 0 Å². The fraction of sp³-hybridized carbons (Fsp3) is 0.118. The second kappa shape index (κ2) is 8.39. The topological polar surface area (TPSA) is 159 Å². The van der Waals surface area contributed by atoms with E-state index in [1.165, 1.54) is 23.0 Å². The van der Waals surface area contributed by atoms with Crippen molar-refractivity contribution in [2.75, 3.05) is 11.1 Å². The number of carbonyl (C=O) groups is 3. The second-order valence-corrected chi connectivity index (χ2v) is 6.56. The summed E-state index contributed by atoms with van der Waals surface area (Å²) in [5.74, 6) is -0.631. The average molecular weight is 400 g/mol. The maximum Gasteiger partial charge on any atom is 0.248 e. The van der Waals surface area contributed by atoms with Crippen LogP contribution in [0.25, 0.3) is 11.6 Å². The van der Waals surface area contributed by atoms with E-state index >= 15 is 0 Å². The third-order valence-electron chi connectivity index (χ3n) is 3.56. The molecule has 2 heterocycles. The molecule has 0 saturated heterocycles. The monoisotopic (exact) mass is 400 g/mol. The number of anilines is 1. The van der Waals surface area contributed by atoms with Crippen LogP contribution in [-0.4, -0.2) is 38.2 Å². The van der Waals surface area contributed by atoms with Gasteiger partial charge in [0.15, 0.2) is 10.9 Å².